The van der Waals surface area contributed by atoms with Gasteiger partial charge in [0, 0.05) is 5.54 Å². The fourth-order valence-corrected chi connectivity index (χ4v) is 0.672. The summed E-state index contributed by atoms with van der Waals surface area (Å²) in [5.74, 6) is -0.339. The van der Waals surface area contributed by atoms with Gasteiger partial charge in [0.15, 0.2) is 0 Å². The van der Waals surface area contributed by atoms with Crippen molar-refractivity contribution in [2.75, 3.05) is 19.8 Å². The summed E-state index contributed by atoms with van der Waals surface area (Å²) in [4.78, 5) is 10.8. The summed E-state index contributed by atoms with van der Waals surface area (Å²) in [5.41, 5.74) is 5.44. The van der Waals surface area contributed by atoms with Crippen LogP contribution >= 0.6 is 0 Å². The fraction of sp³-hybridized carbons (Fsp3) is 0.889. The highest BCUT2D eigenvalue weighted by Crippen LogP contribution is 2.04. The molecule has 4 nitrogen and oxygen atoms in total. The minimum absolute atomic E-state index is 0.0133. The highest BCUT2D eigenvalue weighted by molar-refractivity contribution is 5.70. The lowest BCUT2D eigenvalue weighted by molar-refractivity contribution is -0.148. The lowest BCUT2D eigenvalue weighted by Gasteiger charge is -2.21. The molecule has 0 aromatic rings. The minimum Gasteiger partial charge on any atom is -0.464 e. The van der Waals surface area contributed by atoms with Crippen LogP contribution in [0.2, 0.25) is 0 Å². The molecule has 0 aliphatic carbocycles. The largest absolute Gasteiger partial charge is 0.464 e. The smallest absolute Gasteiger partial charge is 0.332 e. The molecule has 1 atom stereocenters. The zero-order valence-corrected chi connectivity index (χ0v) is 8.63. The molecule has 78 valence electrons. The van der Waals surface area contributed by atoms with Crippen molar-refractivity contribution in [1.82, 2.24) is 0 Å². The van der Waals surface area contributed by atoms with Crippen molar-refractivity contribution in [1.29, 1.82) is 0 Å². The Morgan fingerprint density at radius 1 is 1.46 bits per heavy atom. The van der Waals surface area contributed by atoms with Gasteiger partial charge in [0.05, 0.1) is 13.2 Å². The maximum absolute atomic E-state index is 10.8. The standard InChI is InChI=1S/C9H19NO3/c1-4-9(3,10)7-12-6-8(11)13-5-2/h4-7,10H2,1-3H3. The normalized spacial score (nSPS) is 15.1. The van der Waals surface area contributed by atoms with Gasteiger partial charge in [-0.2, -0.15) is 0 Å². The average Bonchev–Trinajstić information content (AvgIpc) is 2.05. The molecule has 0 aliphatic rings. The van der Waals surface area contributed by atoms with E-state index in [0.717, 1.165) is 6.42 Å². The summed E-state index contributed by atoms with van der Waals surface area (Å²) in [6.07, 6.45) is 0.815. The lowest BCUT2D eigenvalue weighted by Crippen LogP contribution is -2.41. The lowest BCUT2D eigenvalue weighted by atomic mass is 10.0. The van der Waals surface area contributed by atoms with Crippen LogP contribution in [0.4, 0.5) is 0 Å². The molecule has 1 unspecified atom stereocenters. The topological polar surface area (TPSA) is 61.5 Å². The van der Waals surface area contributed by atoms with Crippen LogP contribution in [-0.2, 0) is 14.3 Å². The molecule has 0 fully saturated rings. The second-order valence-corrected chi connectivity index (χ2v) is 3.31. The van der Waals surface area contributed by atoms with Crippen molar-refractivity contribution in [3.05, 3.63) is 0 Å². The van der Waals surface area contributed by atoms with Crippen molar-refractivity contribution in [3.8, 4) is 0 Å². The van der Waals surface area contributed by atoms with E-state index in [1.165, 1.54) is 0 Å². The molecule has 0 bridgehead atoms. The molecule has 0 saturated carbocycles. The van der Waals surface area contributed by atoms with Crippen molar-refractivity contribution >= 4 is 5.97 Å². The predicted molar refractivity (Wildman–Crippen MR) is 50.3 cm³/mol. The first-order valence-electron chi connectivity index (χ1n) is 4.54. The Hall–Kier alpha value is -0.610. The minimum atomic E-state index is -0.355. The first-order valence-corrected chi connectivity index (χ1v) is 4.54. The molecule has 0 aliphatic heterocycles. The van der Waals surface area contributed by atoms with Crippen molar-refractivity contribution in [3.63, 3.8) is 0 Å². The zero-order chi connectivity index (χ0) is 10.3. The van der Waals surface area contributed by atoms with Gasteiger partial charge < -0.3 is 15.2 Å². The molecule has 2 N–H and O–H groups in total. The predicted octanol–water partition coefficient (Wildman–Crippen LogP) is 0.694. The summed E-state index contributed by atoms with van der Waals surface area (Å²) in [7, 11) is 0. The monoisotopic (exact) mass is 189 g/mol. The molecule has 0 rings (SSSR count). The van der Waals surface area contributed by atoms with E-state index in [1.54, 1.807) is 6.92 Å². The van der Waals surface area contributed by atoms with Gasteiger partial charge in [-0.1, -0.05) is 6.92 Å². The van der Waals surface area contributed by atoms with Gasteiger partial charge in [-0.3, -0.25) is 0 Å². The van der Waals surface area contributed by atoms with Gasteiger partial charge in [-0.05, 0) is 20.3 Å². The van der Waals surface area contributed by atoms with E-state index >= 15 is 0 Å². The second kappa shape index (κ2) is 5.94. The third-order valence-electron chi connectivity index (χ3n) is 1.76. The van der Waals surface area contributed by atoms with E-state index < -0.39 is 0 Å². The van der Waals surface area contributed by atoms with Crippen LogP contribution in [0.3, 0.4) is 0 Å². The van der Waals surface area contributed by atoms with E-state index in [0.29, 0.717) is 13.2 Å². The molecular formula is C9H19NO3. The first kappa shape index (κ1) is 12.4. The van der Waals surface area contributed by atoms with E-state index in [4.69, 9.17) is 10.5 Å². The Morgan fingerprint density at radius 3 is 2.54 bits per heavy atom. The van der Waals surface area contributed by atoms with Gasteiger partial charge in [0.25, 0.3) is 0 Å². The number of nitrogens with two attached hydrogens (primary N) is 1. The van der Waals surface area contributed by atoms with Crippen LogP contribution in [0, 0.1) is 0 Å². The molecule has 0 aromatic heterocycles. The number of carbonyl (C=O) groups excluding carboxylic acids is 1. The molecule has 0 aromatic carbocycles. The third-order valence-corrected chi connectivity index (χ3v) is 1.76. The van der Waals surface area contributed by atoms with Crippen LogP contribution in [0.1, 0.15) is 27.2 Å². The molecular weight excluding hydrogens is 170 g/mol. The van der Waals surface area contributed by atoms with Gasteiger partial charge >= 0.3 is 5.97 Å². The van der Waals surface area contributed by atoms with E-state index in [2.05, 4.69) is 4.74 Å². The van der Waals surface area contributed by atoms with Crippen molar-refractivity contribution in [2.45, 2.75) is 32.7 Å². The molecule has 13 heavy (non-hydrogen) atoms. The van der Waals surface area contributed by atoms with Crippen molar-refractivity contribution in [2.24, 2.45) is 5.73 Å². The molecule has 0 saturated heterocycles. The maximum atomic E-state index is 10.8. The number of carbonyl (C=O) groups is 1. The zero-order valence-electron chi connectivity index (χ0n) is 8.63. The highest BCUT2D eigenvalue weighted by atomic mass is 16.6. The van der Waals surface area contributed by atoms with Crippen molar-refractivity contribution < 1.29 is 14.3 Å². The highest BCUT2D eigenvalue weighted by Gasteiger charge is 2.16. The van der Waals surface area contributed by atoms with Crippen LogP contribution in [0.15, 0.2) is 0 Å². The second-order valence-electron chi connectivity index (χ2n) is 3.31. The quantitative estimate of drug-likeness (QED) is 0.624. The molecule has 0 amide bonds. The Bertz CT molecular complexity index is 157. The van der Waals surface area contributed by atoms with Gasteiger partial charge in [-0.15, -0.1) is 0 Å². The Kier molecular flexibility index (Phi) is 5.66. The van der Waals surface area contributed by atoms with E-state index in [1.807, 2.05) is 13.8 Å². The van der Waals surface area contributed by atoms with Gasteiger partial charge in [0.1, 0.15) is 6.61 Å². The average molecular weight is 189 g/mol. The summed E-state index contributed by atoms with van der Waals surface area (Å²) in [6.45, 7) is 6.38. The number of ether oxygens (including phenoxy) is 2. The summed E-state index contributed by atoms with van der Waals surface area (Å²) >= 11 is 0. The summed E-state index contributed by atoms with van der Waals surface area (Å²) < 4.78 is 9.79. The molecule has 4 heteroatoms. The number of hydrogen-bond donors (Lipinski definition) is 1. The van der Waals surface area contributed by atoms with E-state index in [-0.39, 0.29) is 18.1 Å². The van der Waals surface area contributed by atoms with Crippen LogP contribution in [-0.4, -0.2) is 31.3 Å². The van der Waals surface area contributed by atoms with Crippen LogP contribution < -0.4 is 5.73 Å². The maximum Gasteiger partial charge on any atom is 0.332 e. The molecule has 0 heterocycles. The number of rotatable bonds is 6. The molecule has 0 radical (unpaired) electrons. The van der Waals surface area contributed by atoms with Crippen LogP contribution in [0.25, 0.3) is 0 Å². The van der Waals surface area contributed by atoms with Gasteiger partial charge in [-0.25, -0.2) is 4.79 Å². The van der Waals surface area contributed by atoms with E-state index in [9.17, 15) is 4.79 Å². The number of esters is 1. The summed E-state index contributed by atoms with van der Waals surface area (Å²) in [5, 5.41) is 0. The fourth-order valence-electron chi connectivity index (χ4n) is 0.672. The third kappa shape index (κ3) is 6.54. The Morgan fingerprint density at radius 2 is 2.08 bits per heavy atom. The summed E-state index contributed by atoms with van der Waals surface area (Å²) in [6, 6.07) is 0. The SMILES string of the molecule is CCOC(=O)COCC(C)(N)CC. The first-order chi connectivity index (χ1) is 6.02. The Labute approximate surface area is 79.4 Å². The van der Waals surface area contributed by atoms with Gasteiger partial charge in [0.2, 0.25) is 0 Å². The molecule has 0 spiro atoms. The number of hydrogen-bond acceptors (Lipinski definition) is 4. The Balaban J connectivity index is 3.50. The van der Waals surface area contributed by atoms with Crippen LogP contribution in [0.5, 0.6) is 0 Å².